The van der Waals surface area contributed by atoms with Gasteiger partial charge in [0.05, 0.1) is 12.3 Å². The molecule has 0 radical (unpaired) electrons. The van der Waals surface area contributed by atoms with Gasteiger partial charge in [-0.25, -0.2) is 13.1 Å². The number of hydrogen-bond donors (Lipinski definition) is 3. The Hall–Kier alpha value is -1.37. The molecule has 0 saturated heterocycles. The van der Waals surface area contributed by atoms with E-state index in [1.54, 1.807) is 13.2 Å². The summed E-state index contributed by atoms with van der Waals surface area (Å²) in [5.74, 6) is 0.575. The lowest BCUT2D eigenvalue weighted by molar-refractivity contribution is 0.510. The fourth-order valence-corrected chi connectivity index (χ4v) is 2.94. The number of benzene rings is 1. The number of nitrogens with zero attached hydrogens (tertiary/aromatic N) is 3. The Kier molecular flexibility index (Phi) is 10.1. The van der Waals surface area contributed by atoms with Gasteiger partial charge in [-0.15, -0.1) is 24.0 Å². The molecular weight excluding hydrogens is 503 g/mol. The summed E-state index contributed by atoms with van der Waals surface area (Å²) in [6.07, 6.45) is 4.75. The van der Waals surface area contributed by atoms with E-state index < -0.39 is 10.0 Å². The van der Waals surface area contributed by atoms with Gasteiger partial charge in [0.15, 0.2) is 5.96 Å². The molecule has 1 unspecified atom stereocenters. The van der Waals surface area contributed by atoms with Crippen molar-refractivity contribution in [2.75, 3.05) is 32.9 Å². The Morgan fingerprint density at radius 1 is 1.26 bits per heavy atom. The van der Waals surface area contributed by atoms with E-state index in [-0.39, 0.29) is 36.6 Å². The largest absolute Gasteiger partial charge is 0.355 e. The van der Waals surface area contributed by atoms with Crippen LogP contribution in [0.15, 0.2) is 47.7 Å². The Labute approximate surface area is 181 Å². The van der Waals surface area contributed by atoms with Crippen molar-refractivity contribution in [2.45, 2.75) is 6.04 Å². The molecule has 0 saturated carbocycles. The number of sulfonamides is 1. The summed E-state index contributed by atoms with van der Waals surface area (Å²) in [6, 6.07) is 9.43. The minimum absolute atomic E-state index is 0. The van der Waals surface area contributed by atoms with E-state index in [4.69, 9.17) is 11.6 Å². The van der Waals surface area contributed by atoms with Crippen LogP contribution in [0, 0.1) is 0 Å². The number of rotatable bonds is 8. The highest BCUT2D eigenvalue weighted by Gasteiger charge is 2.14. The van der Waals surface area contributed by atoms with Gasteiger partial charge < -0.3 is 10.6 Å². The molecule has 2 aromatic rings. The van der Waals surface area contributed by atoms with Crippen LogP contribution in [-0.2, 0) is 10.0 Å². The maximum Gasteiger partial charge on any atom is 0.208 e. The van der Waals surface area contributed by atoms with Crippen molar-refractivity contribution in [3.8, 4) is 0 Å². The summed E-state index contributed by atoms with van der Waals surface area (Å²) in [7, 11) is -1.54. The monoisotopic (exact) mass is 526 g/mol. The van der Waals surface area contributed by atoms with E-state index >= 15 is 0 Å². The van der Waals surface area contributed by atoms with Gasteiger partial charge in [0.2, 0.25) is 10.0 Å². The third kappa shape index (κ3) is 8.45. The molecule has 150 valence electrons. The molecule has 1 aromatic heterocycles. The van der Waals surface area contributed by atoms with Gasteiger partial charge in [0, 0.05) is 44.1 Å². The van der Waals surface area contributed by atoms with Crippen molar-refractivity contribution < 1.29 is 8.42 Å². The summed E-state index contributed by atoms with van der Waals surface area (Å²) in [5, 5.41) is 11.3. The first-order valence-electron chi connectivity index (χ1n) is 8.03. The quantitative estimate of drug-likeness (QED) is 0.209. The first kappa shape index (κ1) is 23.7. The molecule has 0 aliphatic rings. The highest BCUT2D eigenvalue weighted by Crippen LogP contribution is 2.19. The highest BCUT2D eigenvalue weighted by atomic mass is 127. The Morgan fingerprint density at radius 3 is 2.52 bits per heavy atom. The van der Waals surface area contributed by atoms with Gasteiger partial charge in [-0.2, -0.15) is 5.10 Å². The van der Waals surface area contributed by atoms with Crippen molar-refractivity contribution in [2.24, 2.45) is 4.99 Å². The summed E-state index contributed by atoms with van der Waals surface area (Å²) in [6.45, 7) is 1.24. The Balaban J connectivity index is 0.00000364. The summed E-state index contributed by atoms with van der Waals surface area (Å²) >= 11 is 5.98. The number of aromatic nitrogens is 2. The summed E-state index contributed by atoms with van der Waals surface area (Å²) in [5.41, 5.74) is 1.06. The molecule has 2 rings (SSSR count). The fraction of sp³-hybridized carbons (Fsp3) is 0.375. The van der Waals surface area contributed by atoms with E-state index in [9.17, 15) is 8.42 Å². The summed E-state index contributed by atoms with van der Waals surface area (Å²) < 4.78 is 26.4. The molecule has 0 amide bonds. The third-order valence-corrected chi connectivity index (χ3v) is 4.55. The van der Waals surface area contributed by atoms with Crippen LogP contribution in [0.4, 0.5) is 0 Å². The third-order valence-electron chi connectivity index (χ3n) is 3.57. The van der Waals surface area contributed by atoms with Gasteiger partial charge in [0.1, 0.15) is 0 Å². The topological polar surface area (TPSA) is 100 Å². The van der Waals surface area contributed by atoms with Crippen LogP contribution >= 0.6 is 35.6 Å². The molecule has 0 bridgehead atoms. The molecule has 27 heavy (non-hydrogen) atoms. The zero-order chi connectivity index (χ0) is 19.0. The smallest absolute Gasteiger partial charge is 0.208 e. The molecular formula is C16H24ClIN6O2S. The maximum atomic E-state index is 11.1. The second kappa shape index (κ2) is 11.5. The van der Waals surface area contributed by atoms with Crippen molar-refractivity contribution in [3.05, 3.63) is 53.3 Å². The number of hydrogen-bond acceptors (Lipinski definition) is 4. The van der Waals surface area contributed by atoms with Crippen molar-refractivity contribution in [3.63, 3.8) is 0 Å². The molecule has 11 heteroatoms. The van der Waals surface area contributed by atoms with Gasteiger partial charge in [-0.05, 0) is 23.8 Å². The maximum absolute atomic E-state index is 11.1. The number of guanidine groups is 1. The van der Waals surface area contributed by atoms with Gasteiger partial charge in [-0.1, -0.05) is 23.7 Å². The second-order valence-electron chi connectivity index (χ2n) is 5.60. The molecule has 3 N–H and O–H groups in total. The van der Waals surface area contributed by atoms with E-state index in [2.05, 4.69) is 25.4 Å². The lowest BCUT2D eigenvalue weighted by Gasteiger charge is -2.20. The van der Waals surface area contributed by atoms with Crippen LogP contribution in [0.1, 0.15) is 11.6 Å². The van der Waals surface area contributed by atoms with Crippen LogP contribution in [-0.4, -0.2) is 57.1 Å². The lowest BCUT2D eigenvalue weighted by Crippen LogP contribution is -2.43. The average Bonchev–Trinajstić information content (AvgIpc) is 3.12. The first-order valence-corrected chi connectivity index (χ1v) is 10.3. The molecule has 1 heterocycles. The Morgan fingerprint density at radius 2 is 1.96 bits per heavy atom. The normalized spacial score (nSPS) is 12.9. The molecule has 0 aliphatic heterocycles. The van der Waals surface area contributed by atoms with E-state index in [1.807, 2.05) is 41.2 Å². The van der Waals surface area contributed by atoms with Gasteiger partial charge in [-0.3, -0.25) is 9.67 Å². The molecule has 1 aromatic carbocycles. The highest BCUT2D eigenvalue weighted by molar-refractivity contribution is 14.0. The van der Waals surface area contributed by atoms with Gasteiger partial charge >= 0.3 is 0 Å². The minimum atomic E-state index is -3.20. The predicted octanol–water partition coefficient (Wildman–Crippen LogP) is 1.46. The van der Waals surface area contributed by atoms with Crippen LogP contribution in [0.2, 0.25) is 5.02 Å². The molecule has 0 spiro atoms. The van der Waals surface area contributed by atoms with Crippen LogP contribution < -0.4 is 15.4 Å². The number of nitrogens with one attached hydrogen (secondary N) is 3. The number of halogens is 2. The molecule has 8 nitrogen and oxygen atoms in total. The standard InChI is InChI=1S/C16H23ClN6O2S.HI/c1-18-16(19-9-10-22-26(2,24)25)20-12-15(23-11-3-8-21-23)13-4-6-14(17)7-5-13;/h3-8,11,15,22H,9-10,12H2,1-2H3,(H2,18,19,20);1H. The zero-order valence-corrected chi connectivity index (χ0v) is 19.0. The average molecular weight is 527 g/mol. The van der Waals surface area contributed by atoms with Crippen LogP contribution in [0.5, 0.6) is 0 Å². The first-order chi connectivity index (χ1) is 12.4. The van der Waals surface area contributed by atoms with Crippen molar-refractivity contribution in [1.82, 2.24) is 25.1 Å². The minimum Gasteiger partial charge on any atom is -0.355 e. The zero-order valence-electron chi connectivity index (χ0n) is 15.1. The second-order valence-corrected chi connectivity index (χ2v) is 7.87. The van der Waals surface area contributed by atoms with E-state index in [0.29, 0.717) is 24.1 Å². The SMILES string of the molecule is CN=C(NCCNS(C)(=O)=O)NCC(c1ccc(Cl)cc1)n1cccn1.I. The van der Waals surface area contributed by atoms with Crippen LogP contribution in [0.25, 0.3) is 0 Å². The lowest BCUT2D eigenvalue weighted by atomic mass is 10.1. The predicted molar refractivity (Wildman–Crippen MR) is 119 cm³/mol. The molecule has 0 aliphatic carbocycles. The molecule has 0 fully saturated rings. The Bertz CT molecular complexity index is 812. The van der Waals surface area contributed by atoms with Crippen molar-refractivity contribution in [1.29, 1.82) is 0 Å². The van der Waals surface area contributed by atoms with Gasteiger partial charge in [0.25, 0.3) is 0 Å². The number of aliphatic imine (C=N–C) groups is 1. The van der Waals surface area contributed by atoms with E-state index in [1.165, 1.54) is 0 Å². The van der Waals surface area contributed by atoms with Crippen LogP contribution in [0.3, 0.4) is 0 Å². The van der Waals surface area contributed by atoms with E-state index in [0.717, 1.165) is 11.8 Å². The van der Waals surface area contributed by atoms with Crippen molar-refractivity contribution >= 4 is 51.6 Å². The fourth-order valence-electron chi connectivity index (χ4n) is 2.35. The summed E-state index contributed by atoms with van der Waals surface area (Å²) in [4.78, 5) is 4.15. The molecule has 1 atom stereocenters.